The van der Waals surface area contributed by atoms with Crippen molar-refractivity contribution in [2.75, 3.05) is 0 Å². The monoisotopic (exact) mass is 334 g/mol. The number of unbranched alkanes of at least 4 members (excludes halogenated alkanes) is 15. The van der Waals surface area contributed by atoms with Crippen LogP contribution in [0.15, 0.2) is 12.4 Å². The largest absolute Gasteiger partial charge is 0.338 e. The van der Waals surface area contributed by atoms with Crippen LogP contribution in [-0.2, 0) is 13.5 Å². The lowest BCUT2D eigenvalue weighted by Gasteiger charge is -2.04. The number of imidazole rings is 1. The topological polar surface area (TPSA) is 17.8 Å². The molecule has 0 N–H and O–H groups in total. The summed E-state index contributed by atoms with van der Waals surface area (Å²) in [5.41, 5.74) is 0. The van der Waals surface area contributed by atoms with Gasteiger partial charge in [0.15, 0.2) is 0 Å². The molecule has 1 aromatic rings. The van der Waals surface area contributed by atoms with Gasteiger partial charge in [-0.1, -0.05) is 103 Å². The van der Waals surface area contributed by atoms with Gasteiger partial charge < -0.3 is 4.57 Å². The van der Waals surface area contributed by atoms with Crippen LogP contribution in [0.5, 0.6) is 0 Å². The van der Waals surface area contributed by atoms with Gasteiger partial charge in [0.05, 0.1) is 0 Å². The van der Waals surface area contributed by atoms with Crippen LogP contribution in [0.25, 0.3) is 0 Å². The van der Waals surface area contributed by atoms with E-state index in [2.05, 4.69) is 23.5 Å². The Labute approximate surface area is 151 Å². The average molecular weight is 335 g/mol. The van der Waals surface area contributed by atoms with Crippen LogP contribution < -0.4 is 0 Å². The zero-order valence-corrected chi connectivity index (χ0v) is 16.6. The highest BCUT2D eigenvalue weighted by Crippen LogP contribution is 2.14. The number of nitrogens with zero attached hydrogens (tertiary/aromatic N) is 2. The zero-order chi connectivity index (χ0) is 17.3. The standard InChI is InChI=1S/C22H42N2/c1-3-4-5-6-7-8-9-10-11-12-13-14-15-16-17-18-19-22-23-20-21-24(22)2/h20-21H,3-19H2,1-2H3. The Morgan fingerprint density at radius 1 is 0.667 bits per heavy atom. The van der Waals surface area contributed by atoms with Crippen molar-refractivity contribution in [1.29, 1.82) is 0 Å². The van der Waals surface area contributed by atoms with Crippen LogP contribution in [-0.4, -0.2) is 9.55 Å². The predicted octanol–water partition coefficient (Wildman–Crippen LogP) is 7.22. The minimum Gasteiger partial charge on any atom is -0.338 e. The molecule has 0 unspecified atom stereocenters. The second-order valence-corrected chi connectivity index (χ2v) is 7.51. The van der Waals surface area contributed by atoms with Gasteiger partial charge in [0, 0.05) is 25.9 Å². The van der Waals surface area contributed by atoms with Gasteiger partial charge >= 0.3 is 0 Å². The molecule has 0 amide bonds. The van der Waals surface area contributed by atoms with Crippen LogP contribution in [0.2, 0.25) is 0 Å². The van der Waals surface area contributed by atoms with Gasteiger partial charge in [-0.05, 0) is 6.42 Å². The summed E-state index contributed by atoms with van der Waals surface area (Å²) >= 11 is 0. The van der Waals surface area contributed by atoms with Gasteiger partial charge in [0.25, 0.3) is 0 Å². The highest BCUT2D eigenvalue weighted by atomic mass is 15.0. The van der Waals surface area contributed by atoms with E-state index in [1.807, 2.05) is 12.4 Å². The summed E-state index contributed by atoms with van der Waals surface area (Å²) in [6, 6.07) is 0. The molecule has 2 nitrogen and oxygen atoms in total. The van der Waals surface area contributed by atoms with Crippen LogP contribution >= 0.6 is 0 Å². The van der Waals surface area contributed by atoms with E-state index >= 15 is 0 Å². The average Bonchev–Trinajstić information content (AvgIpc) is 2.99. The third-order valence-corrected chi connectivity index (χ3v) is 5.17. The quantitative estimate of drug-likeness (QED) is 0.275. The first-order valence-electron chi connectivity index (χ1n) is 10.8. The molecular formula is C22H42N2. The van der Waals surface area contributed by atoms with Crippen molar-refractivity contribution in [3.63, 3.8) is 0 Å². The second kappa shape index (κ2) is 15.7. The van der Waals surface area contributed by atoms with E-state index in [4.69, 9.17) is 0 Å². The Balaban J connectivity index is 1.71. The molecule has 0 aliphatic rings. The maximum atomic E-state index is 4.39. The normalized spacial score (nSPS) is 11.2. The lowest BCUT2D eigenvalue weighted by molar-refractivity contribution is 0.528. The van der Waals surface area contributed by atoms with E-state index in [9.17, 15) is 0 Å². The molecule has 0 bridgehead atoms. The number of hydrogen-bond acceptors (Lipinski definition) is 1. The van der Waals surface area contributed by atoms with Gasteiger partial charge in [-0.2, -0.15) is 0 Å². The molecule has 0 aliphatic heterocycles. The minimum atomic E-state index is 1.14. The molecule has 0 fully saturated rings. The highest BCUT2D eigenvalue weighted by molar-refractivity contribution is 4.90. The summed E-state index contributed by atoms with van der Waals surface area (Å²) in [6.07, 6.45) is 28.0. The first-order chi connectivity index (χ1) is 11.8. The van der Waals surface area contributed by atoms with Crippen molar-refractivity contribution in [3.05, 3.63) is 18.2 Å². The fraction of sp³-hybridized carbons (Fsp3) is 0.864. The van der Waals surface area contributed by atoms with E-state index in [0.717, 1.165) is 6.42 Å². The second-order valence-electron chi connectivity index (χ2n) is 7.51. The van der Waals surface area contributed by atoms with Crippen LogP contribution in [0.4, 0.5) is 0 Å². The molecule has 1 aromatic heterocycles. The number of hydrogen-bond donors (Lipinski definition) is 0. The van der Waals surface area contributed by atoms with Crippen molar-refractivity contribution in [2.24, 2.45) is 7.05 Å². The van der Waals surface area contributed by atoms with E-state index < -0.39 is 0 Å². The molecule has 140 valence electrons. The fourth-order valence-electron chi connectivity index (χ4n) is 3.47. The van der Waals surface area contributed by atoms with Gasteiger partial charge in [0.2, 0.25) is 0 Å². The van der Waals surface area contributed by atoms with Gasteiger partial charge in [0.1, 0.15) is 5.82 Å². The highest BCUT2D eigenvalue weighted by Gasteiger charge is 1.99. The molecule has 24 heavy (non-hydrogen) atoms. The van der Waals surface area contributed by atoms with Crippen LogP contribution in [0.3, 0.4) is 0 Å². The SMILES string of the molecule is CCCCCCCCCCCCCCCCCCc1nccn1C. The summed E-state index contributed by atoms with van der Waals surface area (Å²) in [5, 5.41) is 0. The van der Waals surface area contributed by atoms with Crippen molar-refractivity contribution in [2.45, 2.75) is 116 Å². The summed E-state index contributed by atoms with van der Waals surface area (Å²) in [5.74, 6) is 1.24. The molecule has 1 heterocycles. The summed E-state index contributed by atoms with van der Waals surface area (Å²) in [6.45, 7) is 2.29. The maximum absolute atomic E-state index is 4.39. The Morgan fingerprint density at radius 2 is 1.08 bits per heavy atom. The molecule has 0 aliphatic carbocycles. The molecule has 2 heteroatoms. The molecular weight excluding hydrogens is 292 g/mol. The van der Waals surface area contributed by atoms with E-state index in [0.29, 0.717) is 0 Å². The van der Waals surface area contributed by atoms with Crippen molar-refractivity contribution < 1.29 is 0 Å². The Kier molecular flexibility index (Phi) is 13.9. The van der Waals surface area contributed by atoms with Crippen molar-refractivity contribution >= 4 is 0 Å². The van der Waals surface area contributed by atoms with Crippen LogP contribution in [0, 0.1) is 0 Å². The lowest BCUT2D eigenvalue weighted by Crippen LogP contribution is -1.97. The lowest BCUT2D eigenvalue weighted by atomic mass is 10.0. The molecule has 0 spiro atoms. The Morgan fingerprint density at radius 3 is 1.46 bits per heavy atom. The predicted molar refractivity (Wildman–Crippen MR) is 106 cm³/mol. The summed E-state index contributed by atoms with van der Waals surface area (Å²) < 4.78 is 2.14. The van der Waals surface area contributed by atoms with Crippen LogP contribution in [0.1, 0.15) is 115 Å². The smallest absolute Gasteiger partial charge is 0.108 e. The van der Waals surface area contributed by atoms with Crippen molar-refractivity contribution in [3.8, 4) is 0 Å². The molecule has 1 rings (SSSR count). The molecule has 0 saturated heterocycles. The third kappa shape index (κ3) is 11.7. The van der Waals surface area contributed by atoms with Crippen molar-refractivity contribution in [1.82, 2.24) is 9.55 Å². The fourth-order valence-corrected chi connectivity index (χ4v) is 3.47. The summed E-state index contributed by atoms with van der Waals surface area (Å²) in [4.78, 5) is 4.39. The maximum Gasteiger partial charge on any atom is 0.108 e. The zero-order valence-electron chi connectivity index (χ0n) is 16.6. The van der Waals surface area contributed by atoms with E-state index in [1.165, 1.54) is 109 Å². The molecule has 0 saturated carbocycles. The number of aromatic nitrogens is 2. The first-order valence-corrected chi connectivity index (χ1v) is 10.8. The first kappa shape index (κ1) is 21.3. The number of aryl methyl sites for hydroxylation is 2. The molecule has 0 radical (unpaired) electrons. The number of rotatable bonds is 17. The molecule has 0 atom stereocenters. The van der Waals surface area contributed by atoms with E-state index in [-0.39, 0.29) is 0 Å². The molecule has 0 aromatic carbocycles. The van der Waals surface area contributed by atoms with Gasteiger partial charge in [-0.3, -0.25) is 0 Å². The summed E-state index contributed by atoms with van der Waals surface area (Å²) in [7, 11) is 2.09. The van der Waals surface area contributed by atoms with Gasteiger partial charge in [-0.25, -0.2) is 4.98 Å². The van der Waals surface area contributed by atoms with E-state index in [1.54, 1.807) is 0 Å². The van der Waals surface area contributed by atoms with Gasteiger partial charge in [-0.15, -0.1) is 0 Å². The minimum absolute atomic E-state index is 1.14. The Hall–Kier alpha value is -0.790. The third-order valence-electron chi connectivity index (χ3n) is 5.17. The Bertz CT molecular complexity index is 370.